The highest BCUT2D eigenvalue weighted by Gasteiger charge is 2.18. The van der Waals surface area contributed by atoms with Crippen LogP contribution in [0.3, 0.4) is 0 Å². The Bertz CT molecular complexity index is 835. The van der Waals surface area contributed by atoms with E-state index in [-0.39, 0.29) is 5.82 Å². The number of hydrogen-bond donors (Lipinski definition) is 1. The lowest BCUT2D eigenvalue weighted by atomic mass is 10.1. The molecule has 1 saturated heterocycles. The molecule has 0 aliphatic carbocycles. The van der Waals surface area contributed by atoms with Crippen molar-refractivity contribution in [2.24, 2.45) is 0 Å². The average Bonchev–Trinajstić information content (AvgIpc) is 2.92. The lowest BCUT2D eigenvalue weighted by molar-refractivity contribution is 0.229. The summed E-state index contributed by atoms with van der Waals surface area (Å²) in [5, 5.41) is 8.84. The SMILES string of the molecule is CCN1CCC(Nc2cc3c4ccc(F)cc4nn3cn2)CC1. The first-order valence-corrected chi connectivity index (χ1v) is 8.15. The predicted octanol–water partition coefficient (Wildman–Crippen LogP) is 2.92. The van der Waals surface area contributed by atoms with Crippen LogP contribution < -0.4 is 5.32 Å². The molecule has 2 aromatic heterocycles. The molecule has 23 heavy (non-hydrogen) atoms. The number of halogens is 1. The number of nitrogens with one attached hydrogen (secondary N) is 1. The Labute approximate surface area is 134 Å². The first-order chi connectivity index (χ1) is 11.2. The highest BCUT2D eigenvalue weighted by molar-refractivity contribution is 5.94. The van der Waals surface area contributed by atoms with Crippen LogP contribution in [-0.2, 0) is 0 Å². The van der Waals surface area contributed by atoms with Gasteiger partial charge in [-0.05, 0) is 31.5 Å². The molecule has 0 saturated carbocycles. The summed E-state index contributed by atoms with van der Waals surface area (Å²) in [6.07, 6.45) is 3.95. The molecule has 1 fully saturated rings. The molecular formula is C17H20FN5. The molecule has 1 aliphatic heterocycles. The maximum atomic E-state index is 13.3. The van der Waals surface area contributed by atoms with E-state index in [1.54, 1.807) is 16.9 Å². The van der Waals surface area contributed by atoms with Gasteiger partial charge >= 0.3 is 0 Å². The summed E-state index contributed by atoms with van der Waals surface area (Å²) in [6.45, 7) is 5.59. The van der Waals surface area contributed by atoms with E-state index in [4.69, 9.17) is 0 Å². The molecule has 1 N–H and O–H groups in total. The predicted molar refractivity (Wildman–Crippen MR) is 89.2 cm³/mol. The van der Waals surface area contributed by atoms with Crippen LogP contribution in [0.15, 0.2) is 30.6 Å². The van der Waals surface area contributed by atoms with Gasteiger partial charge in [0.15, 0.2) is 0 Å². The zero-order valence-electron chi connectivity index (χ0n) is 13.2. The van der Waals surface area contributed by atoms with E-state index in [9.17, 15) is 4.39 Å². The molecule has 0 amide bonds. The van der Waals surface area contributed by atoms with Gasteiger partial charge in [-0.15, -0.1) is 0 Å². The van der Waals surface area contributed by atoms with Crippen LogP contribution in [0, 0.1) is 5.82 Å². The van der Waals surface area contributed by atoms with E-state index < -0.39 is 0 Å². The average molecular weight is 313 g/mol. The third kappa shape index (κ3) is 2.74. The van der Waals surface area contributed by atoms with E-state index in [0.717, 1.165) is 49.2 Å². The van der Waals surface area contributed by atoms with Crippen LogP contribution in [-0.4, -0.2) is 45.2 Å². The summed E-state index contributed by atoms with van der Waals surface area (Å²) in [4.78, 5) is 6.91. The van der Waals surface area contributed by atoms with Gasteiger partial charge in [-0.25, -0.2) is 13.9 Å². The largest absolute Gasteiger partial charge is 0.367 e. The van der Waals surface area contributed by atoms with Gasteiger partial charge in [0.25, 0.3) is 0 Å². The van der Waals surface area contributed by atoms with Crippen LogP contribution in [0.1, 0.15) is 19.8 Å². The second kappa shape index (κ2) is 5.77. The van der Waals surface area contributed by atoms with Gasteiger partial charge in [0.2, 0.25) is 0 Å². The molecule has 3 aromatic rings. The van der Waals surface area contributed by atoms with Crippen molar-refractivity contribution in [2.75, 3.05) is 25.0 Å². The normalized spacial score (nSPS) is 17.1. The van der Waals surface area contributed by atoms with Gasteiger partial charge in [-0.2, -0.15) is 5.10 Å². The molecule has 1 aliphatic rings. The number of piperidine rings is 1. The second-order valence-electron chi connectivity index (χ2n) is 6.12. The topological polar surface area (TPSA) is 45.5 Å². The number of nitrogens with zero attached hydrogens (tertiary/aromatic N) is 4. The van der Waals surface area contributed by atoms with Crippen molar-refractivity contribution >= 4 is 22.2 Å². The fourth-order valence-electron chi connectivity index (χ4n) is 3.29. The van der Waals surface area contributed by atoms with Crippen LogP contribution in [0.4, 0.5) is 10.2 Å². The Balaban J connectivity index is 1.60. The Kier molecular flexibility index (Phi) is 3.61. The highest BCUT2D eigenvalue weighted by Crippen LogP contribution is 2.23. The zero-order chi connectivity index (χ0) is 15.8. The molecular weight excluding hydrogens is 293 g/mol. The molecule has 3 heterocycles. The maximum absolute atomic E-state index is 13.3. The number of anilines is 1. The molecule has 6 heteroatoms. The second-order valence-corrected chi connectivity index (χ2v) is 6.12. The van der Waals surface area contributed by atoms with Crippen LogP contribution in [0.5, 0.6) is 0 Å². The molecule has 4 rings (SSSR count). The number of rotatable bonds is 3. The van der Waals surface area contributed by atoms with Gasteiger partial charge in [0, 0.05) is 36.7 Å². The van der Waals surface area contributed by atoms with Crippen LogP contribution in [0.25, 0.3) is 16.4 Å². The van der Waals surface area contributed by atoms with E-state index in [1.165, 1.54) is 12.1 Å². The lowest BCUT2D eigenvalue weighted by Gasteiger charge is -2.31. The number of fused-ring (bicyclic) bond motifs is 3. The summed E-state index contributed by atoms with van der Waals surface area (Å²) in [7, 11) is 0. The summed E-state index contributed by atoms with van der Waals surface area (Å²) in [6, 6.07) is 7.16. The number of aromatic nitrogens is 3. The Hall–Kier alpha value is -2.21. The monoisotopic (exact) mass is 313 g/mol. The number of likely N-dealkylation sites (tertiary alicyclic amines) is 1. The summed E-state index contributed by atoms with van der Waals surface area (Å²) in [5.41, 5.74) is 1.60. The first-order valence-electron chi connectivity index (χ1n) is 8.15. The number of hydrogen-bond acceptors (Lipinski definition) is 4. The molecule has 0 unspecified atom stereocenters. The van der Waals surface area contributed by atoms with E-state index in [0.29, 0.717) is 11.6 Å². The standard InChI is InChI=1S/C17H20FN5/c1-2-22-7-5-13(6-8-22)20-17-10-16-14-4-3-12(18)9-15(14)21-23(16)11-19-17/h3-4,9-11,13,20H,2,5-8H2,1H3. The third-order valence-electron chi connectivity index (χ3n) is 4.66. The van der Waals surface area contributed by atoms with Crippen molar-refractivity contribution in [1.82, 2.24) is 19.5 Å². The fourth-order valence-corrected chi connectivity index (χ4v) is 3.29. The molecule has 5 nitrogen and oxygen atoms in total. The summed E-state index contributed by atoms with van der Waals surface area (Å²) in [5.74, 6) is 0.591. The molecule has 0 bridgehead atoms. The zero-order valence-corrected chi connectivity index (χ0v) is 13.2. The lowest BCUT2D eigenvalue weighted by Crippen LogP contribution is -2.39. The highest BCUT2D eigenvalue weighted by atomic mass is 19.1. The summed E-state index contributed by atoms with van der Waals surface area (Å²) < 4.78 is 15.0. The number of benzene rings is 1. The fraction of sp³-hybridized carbons (Fsp3) is 0.412. The molecule has 120 valence electrons. The first kappa shape index (κ1) is 14.4. The minimum Gasteiger partial charge on any atom is -0.367 e. The molecule has 0 spiro atoms. The Morgan fingerprint density at radius 3 is 2.87 bits per heavy atom. The third-order valence-corrected chi connectivity index (χ3v) is 4.66. The molecule has 0 radical (unpaired) electrons. The van der Waals surface area contributed by atoms with Crippen molar-refractivity contribution in [3.8, 4) is 0 Å². The van der Waals surface area contributed by atoms with Gasteiger partial charge in [-0.1, -0.05) is 6.92 Å². The molecule has 0 atom stereocenters. The van der Waals surface area contributed by atoms with Crippen molar-refractivity contribution in [1.29, 1.82) is 0 Å². The van der Waals surface area contributed by atoms with E-state index >= 15 is 0 Å². The Morgan fingerprint density at radius 1 is 1.26 bits per heavy atom. The van der Waals surface area contributed by atoms with Crippen molar-refractivity contribution in [3.05, 3.63) is 36.4 Å². The maximum Gasteiger partial charge on any atom is 0.130 e. The van der Waals surface area contributed by atoms with Gasteiger partial charge < -0.3 is 10.2 Å². The van der Waals surface area contributed by atoms with Gasteiger partial charge in [-0.3, -0.25) is 0 Å². The van der Waals surface area contributed by atoms with E-state index in [2.05, 4.69) is 27.2 Å². The van der Waals surface area contributed by atoms with Crippen molar-refractivity contribution < 1.29 is 4.39 Å². The van der Waals surface area contributed by atoms with Crippen molar-refractivity contribution in [3.63, 3.8) is 0 Å². The minimum atomic E-state index is -0.269. The quantitative estimate of drug-likeness (QED) is 0.807. The molecule has 1 aromatic carbocycles. The van der Waals surface area contributed by atoms with Gasteiger partial charge in [0.05, 0.1) is 11.0 Å². The van der Waals surface area contributed by atoms with Crippen molar-refractivity contribution in [2.45, 2.75) is 25.8 Å². The Morgan fingerprint density at radius 2 is 2.09 bits per heavy atom. The van der Waals surface area contributed by atoms with Crippen LogP contribution >= 0.6 is 0 Å². The minimum absolute atomic E-state index is 0.269. The van der Waals surface area contributed by atoms with Gasteiger partial charge in [0.1, 0.15) is 18.0 Å². The summed E-state index contributed by atoms with van der Waals surface area (Å²) >= 11 is 0. The van der Waals surface area contributed by atoms with E-state index in [1.807, 2.05) is 6.07 Å². The smallest absolute Gasteiger partial charge is 0.130 e. The van der Waals surface area contributed by atoms with Crippen LogP contribution in [0.2, 0.25) is 0 Å².